The maximum atomic E-state index is 13.1. The molecule has 2 N–H and O–H groups in total. The quantitative estimate of drug-likeness (QED) is 0.580. The fourth-order valence-electron chi connectivity index (χ4n) is 5.08. The van der Waals surface area contributed by atoms with Crippen molar-refractivity contribution in [3.63, 3.8) is 0 Å². The first-order valence-electron chi connectivity index (χ1n) is 10.5. The van der Waals surface area contributed by atoms with Crippen LogP contribution in [-0.2, 0) is 16.8 Å². The van der Waals surface area contributed by atoms with Gasteiger partial charge in [-0.05, 0) is 65.8 Å². The van der Waals surface area contributed by atoms with Crippen LogP contribution in [0.2, 0.25) is 0 Å². The van der Waals surface area contributed by atoms with Crippen LogP contribution in [0.25, 0.3) is 0 Å². The summed E-state index contributed by atoms with van der Waals surface area (Å²) in [6.07, 6.45) is 2.69. The van der Waals surface area contributed by atoms with Crippen LogP contribution in [0.3, 0.4) is 0 Å². The highest BCUT2D eigenvalue weighted by Crippen LogP contribution is 2.53. The first-order valence-corrected chi connectivity index (χ1v) is 10.5. The molecule has 0 saturated heterocycles. The Kier molecular flexibility index (Phi) is 4.14. The first kappa shape index (κ1) is 18.7. The first-order chi connectivity index (χ1) is 14.4. The monoisotopic (exact) mass is 400 g/mol. The van der Waals surface area contributed by atoms with Gasteiger partial charge < -0.3 is 14.9 Å². The van der Waals surface area contributed by atoms with E-state index in [0.29, 0.717) is 17.9 Å². The zero-order chi connectivity index (χ0) is 21.0. The van der Waals surface area contributed by atoms with Crippen molar-refractivity contribution in [1.82, 2.24) is 0 Å². The summed E-state index contributed by atoms with van der Waals surface area (Å²) in [7, 11) is 0. The second-order valence-corrected chi connectivity index (χ2v) is 8.43. The number of hydrogen-bond donors (Lipinski definition) is 2. The number of rotatable bonds is 3. The lowest BCUT2D eigenvalue weighted by Gasteiger charge is -2.37. The van der Waals surface area contributed by atoms with Crippen LogP contribution >= 0.6 is 0 Å². The summed E-state index contributed by atoms with van der Waals surface area (Å²) in [5.41, 5.74) is 4.98. The highest BCUT2D eigenvalue weighted by atomic mass is 16.6. The average Bonchev–Trinajstić information content (AvgIpc) is 3.00. The average molecular weight is 400 g/mol. The third kappa shape index (κ3) is 2.56. The number of carbonyl (C=O) groups excluding carboxylic acids is 1. The number of phenolic OH excluding ortho intramolecular Hbond substituents is 2. The molecule has 1 spiro atoms. The summed E-state index contributed by atoms with van der Waals surface area (Å²) in [6, 6.07) is 16.5. The lowest BCUT2D eigenvalue weighted by molar-refractivity contribution is 0.0240. The van der Waals surface area contributed by atoms with Gasteiger partial charge in [-0.15, -0.1) is 0 Å². The molecular formula is C26H24O4. The second kappa shape index (κ2) is 6.63. The Bertz CT molecular complexity index is 1130. The van der Waals surface area contributed by atoms with Gasteiger partial charge in [0.15, 0.2) is 5.60 Å². The largest absolute Gasteiger partial charge is 0.508 e. The molecule has 0 amide bonds. The van der Waals surface area contributed by atoms with Crippen LogP contribution in [0.1, 0.15) is 76.3 Å². The highest BCUT2D eigenvalue weighted by molar-refractivity contribution is 5.97. The number of hydrogen-bond acceptors (Lipinski definition) is 4. The van der Waals surface area contributed by atoms with E-state index < -0.39 is 5.60 Å². The third-order valence-corrected chi connectivity index (χ3v) is 6.50. The van der Waals surface area contributed by atoms with Crippen LogP contribution in [0.4, 0.5) is 0 Å². The molecule has 1 atom stereocenters. The Morgan fingerprint density at radius 3 is 2.13 bits per heavy atom. The van der Waals surface area contributed by atoms with Crippen molar-refractivity contribution in [2.24, 2.45) is 0 Å². The van der Waals surface area contributed by atoms with Crippen LogP contribution in [0.15, 0.2) is 54.6 Å². The van der Waals surface area contributed by atoms with Gasteiger partial charge in [-0.1, -0.05) is 44.5 Å². The summed E-state index contributed by atoms with van der Waals surface area (Å²) < 4.78 is 6.19. The molecule has 4 heteroatoms. The molecule has 30 heavy (non-hydrogen) atoms. The van der Waals surface area contributed by atoms with E-state index in [0.717, 1.165) is 46.2 Å². The van der Waals surface area contributed by atoms with Gasteiger partial charge >= 0.3 is 5.97 Å². The van der Waals surface area contributed by atoms with Gasteiger partial charge in [0.1, 0.15) is 11.5 Å². The van der Waals surface area contributed by atoms with E-state index >= 15 is 0 Å². The van der Waals surface area contributed by atoms with Crippen molar-refractivity contribution in [3.05, 3.63) is 93.5 Å². The zero-order valence-corrected chi connectivity index (χ0v) is 17.1. The topological polar surface area (TPSA) is 66.8 Å². The molecule has 3 aromatic rings. The zero-order valence-electron chi connectivity index (χ0n) is 17.1. The van der Waals surface area contributed by atoms with E-state index in [1.165, 1.54) is 0 Å². The van der Waals surface area contributed by atoms with E-state index in [1.54, 1.807) is 24.3 Å². The Morgan fingerprint density at radius 2 is 1.53 bits per heavy atom. The number of benzene rings is 3. The van der Waals surface area contributed by atoms with E-state index in [-0.39, 0.29) is 17.5 Å². The van der Waals surface area contributed by atoms with Gasteiger partial charge in [0.05, 0.1) is 5.56 Å². The van der Waals surface area contributed by atoms with Gasteiger partial charge in [-0.25, -0.2) is 4.79 Å². The summed E-state index contributed by atoms with van der Waals surface area (Å²) in [6.45, 7) is 4.34. The Hall–Kier alpha value is -3.27. The van der Waals surface area contributed by atoms with Crippen molar-refractivity contribution >= 4 is 5.97 Å². The Morgan fingerprint density at radius 1 is 0.933 bits per heavy atom. The van der Waals surface area contributed by atoms with Crippen molar-refractivity contribution in [3.8, 4) is 11.5 Å². The van der Waals surface area contributed by atoms with Crippen LogP contribution in [0, 0.1) is 0 Å². The number of aromatic hydroxyl groups is 2. The summed E-state index contributed by atoms with van der Waals surface area (Å²) in [5, 5.41) is 20.1. The molecule has 3 aromatic carbocycles. The van der Waals surface area contributed by atoms with E-state index in [1.807, 2.05) is 24.3 Å². The SMILES string of the molecule is CCCC(C)c1ccc2c(c1)C(=O)OC21c2ccc(O)cc2Cc2cc(O)ccc21. The highest BCUT2D eigenvalue weighted by Gasteiger charge is 2.52. The normalized spacial score (nSPS) is 16.5. The molecule has 152 valence electrons. The fraction of sp³-hybridized carbons (Fsp3) is 0.269. The number of carbonyl (C=O) groups is 1. The van der Waals surface area contributed by atoms with E-state index in [2.05, 4.69) is 19.9 Å². The number of phenols is 2. The van der Waals surface area contributed by atoms with Gasteiger partial charge in [-0.3, -0.25) is 0 Å². The lowest BCUT2D eigenvalue weighted by atomic mass is 9.71. The number of fused-ring (bicyclic) bond motifs is 6. The summed E-state index contributed by atoms with van der Waals surface area (Å²) in [4.78, 5) is 13.1. The van der Waals surface area contributed by atoms with Crippen LogP contribution < -0.4 is 0 Å². The standard InChI is InChI=1S/C26H24O4/c1-3-4-15(2)16-5-8-24-21(14-16)25(29)30-26(24)22-9-6-19(27)12-17(22)11-18-13-20(28)7-10-23(18)26/h5-10,12-15,27-28H,3-4,11H2,1-2H3. The molecule has 0 aromatic heterocycles. The molecule has 0 bridgehead atoms. The molecule has 1 unspecified atom stereocenters. The summed E-state index contributed by atoms with van der Waals surface area (Å²) in [5.74, 6) is 0.363. The molecule has 0 fully saturated rings. The molecule has 1 aliphatic heterocycles. The molecule has 1 aliphatic carbocycles. The molecule has 5 rings (SSSR count). The maximum absolute atomic E-state index is 13.1. The van der Waals surface area contributed by atoms with Crippen molar-refractivity contribution in [1.29, 1.82) is 0 Å². The number of ether oxygens (including phenoxy) is 1. The van der Waals surface area contributed by atoms with E-state index in [9.17, 15) is 15.0 Å². The van der Waals surface area contributed by atoms with Crippen LogP contribution in [0.5, 0.6) is 11.5 Å². The smallest absolute Gasteiger partial charge is 0.340 e. The van der Waals surface area contributed by atoms with E-state index in [4.69, 9.17) is 4.74 Å². The van der Waals surface area contributed by atoms with Gasteiger partial charge in [-0.2, -0.15) is 0 Å². The molecular weight excluding hydrogens is 376 g/mol. The lowest BCUT2D eigenvalue weighted by Crippen LogP contribution is -2.34. The Balaban J connectivity index is 1.77. The predicted octanol–water partition coefficient (Wildman–Crippen LogP) is 5.37. The minimum Gasteiger partial charge on any atom is -0.508 e. The fourth-order valence-corrected chi connectivity index (χ4v) is 5.08. The summed E-state index contributed by atoms with van der Waals surface area (Å²) >= 11 is 0. The molecule has 0 radical (unpaired) electrons. The molecule has 4 nitrogen and oxygen atoms in total. The minimum atomic E-state index is -1.07. The van der Waals surface area contributed by atoms with Gasteiger partial charge in [0.2, 0.25) is 0 Å². The second-order valence-electron chi connectivity index (χ2n) is 8.43. The third-order valence-electron chi connectivity index (χ3n) is 6.50. The van der Waals surface area contributed by atoms with Crippen molar-refractivity contribution in [2.45, 2.75) is 44.6 Å². The minimum absolute atomic E-state index is 0.167. The Labute approximate surface area is 175 Å². The van der Waals surface area contributed by atoms with Crippen LogP contribution in [-0.4, -0.2) is 16.2 Å². The van der Waals surface area contributed by atoms with Crippen molar-refractivity contribution in [2.75, 3.05) is 0 Å². The van der Waals surface area contributed by atoms with Gasteiger partial charge in [0, 0.05) is 16.7 Å². The maximum Gasteiger partial charge on any atom is 0.340 e. The molecule has 0 saturated carbocycles. The van der Waals surface area contributed by atoms with Crippen molar-refractivity contribution < 1.29 is 19.7 Å². The predicted molar refractivity (Wildman–Crippen MR) is 114 cm³/mol. The van der Waals surface area contributed by atoms with Gasteiger partial charge in [0.25, 0.3) is 0 Å². The molecule has 2 aliphatic rings. The number of esters is 1. The molecule has 1 heterocycles.